The topological polar surface area (TPSA) is 34.6 Å². The summed E-state index contributed by atoms with van der Waals surface area (Å²) in [6.45, 7) is 0. The van der Waals surface area contributed by atoms with Crippen LogP contribution in [0.25, 0.3) is 66.4 Å². The van der Waals surface area contributed by atoms with Crippen LogP contribution in [-0.2, 0) is 0 Å². The lowest BCUT2D eigenvalue weighted by Gasteiger charge is -2.07. The molecule has 0 atom stereocenters. The van der Waals surface area contributed by atoms with Crippen molar-refractivity contribution >= 4 is 32.8 Å². The summed E-state index contributed by atoms with van der Waals surface area (Å²) in [7, 11) is 0. The Hall–Kier alpha value is -5.22. The number of benzene rings is 4. The number of fused-ring (bicyclic) bond motifs is 6. The molecule has 0 aliphatic carbocycles. The highest BCUT2D eigenvalue weighted by Gasteiger charge is 2.18. The van der Waals surface area contributed by atoms with E-state index < -0.39 is 0 Å². The molecule has 0 fully saturated rings. The smallest absolute Gasteiger partial charge is 0.101 e. The third kappa shape index (κ3) is 3.10. The van der Waals surface area contributed by atoms with Crippen molar-refractivity contribution in [3.8, 4) is 33.5 Å². The predicted molar refractivity (Wildman–Crippen MR) is 155 cm³/mol. The van der Waals surface area contributed by atoms with Gasteiger partial charge in [0, 0.05) is 27.5 Å². The molecule has 4 heterocycles. The highest BCUT2D eigenvalue weighted by Crippen LogP contribution is 2.38. The van der Waals surface area contributed by atoms with Crippen molar-refractivity contribution in [2.75, 3.05) is 0 Å². The van der Waals surface area contributed by atoms with E-state index in [0.29, 0.717) is 0 Å². The molecule has 0 aliphatic heterocycles. The second kappa shape index (κ2) is 8.15. The Morgan fingerprint density at radius 1 is 0.421 bits per heavy atom. The van der Waals surface area contributed by atoms with E-state index in [1.165, 1.54) is 10.8 Å². The Balaban J connectivity index is 1.31. The minimum absolute atomic E-state index is 0.983. The molecule has 8 rings (SSSR count). The molecule has 4 nitrogen and oxygen atoms in total. The van der Waals surface area contributed by atoms with E-state index in [0.717, 1.165) is 55.6 Å². The molecule has 0 spiro atoms. The zero-order valence-corrected chi connectivity index (χ0v) is 20.5. The summed E-state index contributed by atoms with van der Waals surface area (Å²) in [5.41, 5.74) is 11.0. The first-order valence-electron chi connectivity index (χ1n) is 12.8. The second-order valence-corrected chi connectivity index (χ2v) is 9.60. The third-order valence-electron chi connectivity index (χ3n) is 7.43. The fraction of sp³-hybridized carbons (Fsp3) is 0. The maximum Gasteiger partial charge on any atom is 0.101 e. The van der Waals surface area contributed by atoms with E-state index >= 15 is 0 Å². The van der Waals surface area contributed by atoms with Crippen LogP contribution < -0.4 is 0 Å². The molecule has 0 amide bonds. The Bertz CT molecular complexity index is 2120. The summed E-state index contributed by atoms with van der Waals surface area (Å²) in [4.78, 5) is 0. The average Bonchev–Trinajstić information content (AvgIpc) is 3.60. The highest BCUT2D eigenvalue weighted by molar-refractivity contribution is 5.96. The van der Waals surface area contributed by atoms with Crippen LogP contribution in [0.15, 0.2) is 134 Å². The molecule has 38 heavy (non-hydrogen) atoms. The van der Waals surface area contributed by atoms with Crippen LogP contribution in [0.3, 0.4) is 0 Å². The SMILES string of the molecule is c1ccc(-c2nn3c(ccc4ccccc43)c2-c2ccc(-c3cnn4c3ccc3ccccc34)cc2)cc1. The maximum absolute atomic E-state index is 5.13. The molecule has 0 unspecified atom stereocenters. The van der Waals surface area contributed by atoms with Gasteiger partial charge in [0.05, 0.1) is 28.3 Å². The van der Waals surface area contributed by atoms with Gasteiger partial charge in [-0.05, 0) is 35.4 Å². The monoisotopic (exact) mass is 486 g/mol. The first-order chi connectivity index (χ1) is 18.8. The molecule has 0 radical (unpaired) electrons. The van der Waals surface area contributed by atoms with Crippen LogP contribution in [0.5, 0.6) is 0 Å². The van der Waals surface area contributed by atoms with Crippen LogP contribution in [0.4, 0.5) is 0 Å². The van der Waals surface area contributed by atoms with Crippen molar-refractivity contribution < 1.29 is 0 Å². The molecule has 0 saturated carbocycles. The molecule has 178 valence electrons. The summed E-state index contributed by atoms with van der Waals surface area (Å²) in [5, 5.41) is 12.2. The Labute approximate surface area is 219 Å². The number of para-hydroxylation sites is 2. The van der Waals surface area contributed by atoms with Crippen molar-refractivity contribution in [3.05, 3.63) is 134 Å². The molecular weight excluding hydrogens is 464 g/mol. The minimum atomic E-state index is 0.983. The van der Waals surface area contributed by atoms with Gasteiger partial charge in [-0.25, -0.2) is 9.03 Å². The quantitative estimate of drug-likeness (QED) is 0.252. The fourth-order valence-electron chi connectivity index (χ4n) is 5.58. The minimum Gasteiger partial charge on any atom is -0.232 e. The second-order valence-electron chi connectivity index (χ2n) is 9.60. The number of nitrogens with zero attached hydrogens (tertiary/aromatic N) is 4. The van der Waals surface area contributed by atoms with E-state index in [9.17, 15) is 0 Å². The number of pyridine rings is 2. The van der Waals surface area contributed by atoms with E-state index in [1.807, 2.05) is 16.8 Å². The van der Waals surface area contributed by atoms with Gasteiger partial charge in [-0.15, -0.1) is 0 Å². The van der Waals surface area contributed by atoms with Crippen molar-refractivity contribution in [3.63, 3.8) is 0 Å². The number of hydrogen-bond donors (Lipinski definition) is 0. The lowest BCUT2D eigenvalue weighted by Crippen LogP contribution is -1.90. The molecule has 0 saturated heterocycles. The van der Waals surface area contributed by atoms with Crippen LogP contribution in [-0.4, -0.2) is 19.2 Å². The normalized spacial score (nSPS) is 11.7. The van der Waals surface area contributed by atoms with Gasteiger partial charge < -0.3 is 0 Å². The zero-order valence-electron chi connectivity index (χ0n) is 20.5. The third-order valence-corrected chi connectivity index (χ3v) is 7.43. The van der Waals surface area contributed by atoms with E-state index in [4.69, 9.17) is 10.2 Å². The van der Waals surface area contributed by atoms with Crippen molar-refractivity contribution in [1.82, 2.24) is 19.2 Å². The molecule has 4 aromatic carbocycles. The van der Waals surface area contributed by atoms with Crippen LogP contribution >= 0.6 is 0 Å². The van der Waals surface area contributed by atoms with Gasteiger partial charge in [0.15, 0.2) is 0 Å². The number of rotatable bonds is 3. The Morgan fingerprint density at radius 3 is 1.76 bits per heavy atom. The molecule has 0 N–H and O–H groups in total. The maximum atomic E-state index is 5.13. The number of aromatic nitrogens is 4. The summed E-state index contributed by atoms with van der Waals surface area (Å²) in [6, 6.07) is 44.7. The molecule has 0 aliphatic rings. The van der Waals surface area contributed by atoms with Crippen molar-refractivity contribution in [2.45, 2.75) is 0 Å². The predicted octanol–water partition coefficient (Wildman–Crippen LogP) is 8.29. The largest absolute Gasteiger partial charge is 0.232 e. The lowest BCUT2D eigenvalue weighted by atomic mass is 9.97. The van der Waals surface area contributed by atoms with Gasteiger partial charge in [-0.1, -0.05) is 103 Å². The molecule has 4 aromatic heterocycles. The van der Waals surface area contributed by atoms with E-state index in [1.54, 1.807) is 0 Å². The zero-order chi connectivity index (χ0) is 25.1. The summed E-state index contributed by atoms with van der Waals surface area (Å²) in [6.07, 6.45) is 1.97. The van der Waals surface area contributed by atoms with Gasteiger partial charge in [0.1, 0.15) is 5.69 Å². The summed E-state index contributed by atoms with van der Waals surface area (Å²) < 4.78 is 4.11. The van der Waals surface area contributed by atoms with Gasteiger partial charge in [0.25, 0.3) is 0 Å². The molecular formula is C34H22N4. The summed E-state index contributed by atoms with van der Waals surface area (Å²) >= 11 is 0. The van der Waals surface area contributed by atoms with Gasteiger partial charge in [-0.2, -0.15) is 10.2 Å². The standard InChI is InChI=1S/C34H22N4/c1-2-10-27(11-3-1)34-33(32-21-19-25-9-5-7-13-30(25)38(32)36-34)26-16-14-23(15-17-26)28-22-35-37-29-12-6-4-8-24(29)18-20-31(28)37/h1-22H. The van der Waals surface area contributed by atoms with Gasteiger partial charge in [-0.3, -0.25) is 0 Å². The fourth-order valence-corrected chi connectivity index (χ4v) is 5.58. The first kappa shape index (κ1) is 20.9. The van der Waals surface area contributed by atoms with Crippen LogP contribution in [0, 0.1) is 0 Å². The molecule has 8 aromatic rings. The van der Waals surface area contributed by atoms with E-state index in [-0.39, 0.29) is 0 Å². The van der Waals surface area contributed by atoms with Gasteiger partial charge >= 0.3 is 0 Å². The lowest BCUT2D eigenvalue weighted by molar-refractivity contribution is 1.00. The van der Waals surface area contributed by atoms with Gasteiger partial charge in [0.2, 0.25) is 0 Å². The Morgan fingerprint density at radius 2 is 1.03 bits per heavy atom. The highest BCUT2D eigenvalue weighted by atomic mass is 15.2. The summed E-state index contributed by atoms with van der Waals surface area (Å²) in [5.74, 6) is 0. The molecule has 0 bridgehead atoms. The van der Waals surface area contributed by atoms with Crippen molar-refractivity contribution in [1.29, 1.82) is 0 Å². The van der Waals surface area contributed by atoms with E-state index in [2.05, 4.69) is 126 Å². The van der Waals surface area contributed by atoms with Crippen LogP contribution in [0.2, 0.25) is 0 Å². The number of hydrogen-bond acceptors (Lipinski definition) is 2. The molecule has 4 heteroatoms. The first-order valence-corrected chi connectivity index (χ1v) is 12.8. The van der Waals surface area contributed by atoms with Crippen LogP contribution in [0.1, 0.15) is 0 Å². The average molecular weight is 487 g/mol. The van der Waals surface area contributed by atoms with Crippen molar-refractivity contribution in [2.24, 2.45) is 0 Å². The Kier molecular flexibility index (Phi) is 4.49.